The highest BCUT2D eigenvalue weighted by Gasteiger charge is 2.25. The van der Waals surface area contributed by atoms with Gasteiger partial charge in [-0.15, -0.1) is 0 Å². The molecular weight excluding hydrogens is 275 g/mol. The molecule has 2 rings (SSSR count). The molecule has 0 saturated heterocycles. The van der Waals surface area contributed by atoms with Gasteiger partial charge in [0.15, 0.2) is 0 Å². The van der Waals surface area contributed by atoms with E-state index in [9.17, 15) is 14.0 Å². The van der Waals surface area contributed by atoms with Crippen molar-refractivity contribution in [1.29, 1.82) is 0 Å². The minimum atomic E-state index is -0.937. The van der Waals surface area contributed by atoms with Gasteiger partial charge >= 0.3 is 5.97 Å². The molecule has 1 aliphatic rings. The maximum absolute atomic E-state index is 13.9. The average Bonchev–Trinajstić information content (AvgIpc) is 2.93. The Labute approximate surface area is 122 Å². The van der Waals surface area contributed by atoms with Gasteiger partial charge in [-0.1, -0.05) is 12.8 Å². The molecule has 0 atom stereocenters. The van der Waals surface area contributed by atoms with Gasteiger partial charge in [-0.25, -0.2) is 4.39 Å². The molecule has 0 aliphatic heterocycles. The summed E-state index contributed by atoms with van der Waals surface area (Å²) in [6.45, 7) is 0.0365. The molecule has 0 radical (unpaired) electrons. The third-order valence-corrected chi connectivity index (χ3v) is 3.88. The molecule has 5 nitrogen and oxygen atoms in total. The van der Waals surface area contributed by atoms with Crippen LogP contribution in [0, 0.1) is 5.82 Å². The summed E-state index contributed by atoms with van der Waals surface area (Å²) < 4.78 is 13.9. The van der Waals surface area contributed by atoms with Crippen LogP contribution in [-0.2, 0) is 11.3 Å². The number of carboxylic acid groups (broad SMARTS) is 1. The number of nitrogens with zero attached hydrogens (tertiary/aromatic N) is 1. The van der Waals surface area contributed by atoms with Crippen LogP contribution in [0.1, 0.15) is 41.6 Å². The molecule has 114 valence electrons. The van der Waals surface area contributed by atoms with Crippen molar-refractivity contribution >= 4 is 11.9 Å². The van der Waals surface area contributed by atoms with Crippen LogP contribution in [0.2, 0.25) is 0 Å². The number of nitrogens with two attached hydrogens (primary N) is 1. The van der Waals surface area contributed by atoms with Crippen molar-refractivity contribution in [2.75, 3.05) is 6.54 Å². The lowest BCUT2D eigenvalue weighted by molar-refractivity contribution is -0.139. The molecular formula is C15H19FN2O3. The highest BCUT2D eigenvalue weighted by Crippen LogP contribution is 2.25. The van der Waals surface area contributed by atoms with E-state index in [4.69, 9.17) is 10.8 Å². The van der Waals surface area contributed by atoms with Gasteiger partial charge in [-0.2, -0.15) is 0 Å². The van der Waals surface area contributed by atoms with Crippen LogP contribution in [0.3, 0.4) is 0 Å². The fraction of sp³-hybridized carbons (Fsp3) is 0.467. The molecule has 0 bridgehead atoms. The van der Waals surface area contributed by atoms with Crippen molar-refractivity contribution < 1.29 is 19.1 Å². The zero-order valence-corrected chi connectivity index (χ0v) is 11.7. The minimum absolute atomic E-state index is 0.134. The molecule has 0 heterocycles. The van der Waals surface area contributed by atoms with Gasteiger partial charge in [-0.3, -0.25) is 14.5 Å². The number of rotatable bonds is 6. The number of hydrogen-bond donors (Lipinski definition) is 2. The van der Waals surface area contributed by atoms with Crippen LogP contribution < -0.4 is 5.73 Å². The molecule has 6 heteroatoms. The first-order chi connectivity index (χ1) is 9.97. The predicted molar refractivity (Wildman–Crippen MR) is 75.2 cm³/mol. The Bertz CT molecular complexity index is 542. The number of hydrogen-bond acceptors (Lipinski definition) is 3. The lowest BCUT2D eigenvalue weighted by atomic mass is 10.1. The van der Waals surface area contributed by atoms with Gasteiger partial charge < -0.3 is 10.8 Å². The summed E-state index contributed by atoms with van der Waals surface area (Å²) in [6.07, 6.45) is 3.96. The van der Waals surface area contributed by atoms with Gasteiger partial charge in [0, 0.05) is 23.7 Å². The fourth-order valence-corrected chi connectivity index (χ4v) is 2.83. The number of carbonyl (C=O) groups excluding carboxylic acids is 1. The lowest BCUT2D eigenvalue weighted by Gasteiger charge is -2.27. The van der Waals surface area contributed by atoms with E-state index < -0.39 is 17.7 Å². The molecule has 1 amide bonds. The van der Waals surface area contributed by atoms with E-state index in [0.29, 0.717) is 5.56 Å². The standard InChI is InChI=1S/C15H19FN2O3/c16-13-6-5-10(15(17)21)7-11(13)8-18(9-14(19)20)12-3-1-2-4-12/h5-7,12H,1-4,8-9H2,(H2,17,21)(H,19,20). The van der Waals surface area contributed by atoms with E-state index in [1.807, 2.05) is 0 Å². The molecule has 1 saturated carbocycles. The van der Waals surface area contributed by atoms with Gasteiger partial charge in [0.1, 0.15) is 5.82 Å². The number of carbonyl (C=O) groups is 2. The van der Waals surface area contributed by atoms with E-state index in [1.165, 1.54) is 18.2 Å². The van der Waals surface area contributed by atoms with Crippen molar-refractivity contribution in [3.05, 3.63) is 35.1 Å². The zero-order valence-electron chi connectivity index (χ0n) is 11.7. The van der Waals surface area contributed by atoms with Crippen LogP contribution in [0.15, 0.2) is 18.2 Å². The molecule has 1 aromatic rings. The Morgan fingerprint density at radius 2 is 2.00 bits per heavy atom. The minimum Gasteiger partial charge on any atom is -0.480 e. The Kier molecular flexibility index (Phi) is 4.90. The van der Waals surface area contributed by atoms with E-state index in [2.05, 4.69) is 0 Å². The summed E-state index contributed by atoms with van der Waals surface area (Å²) >= 11 is 0. The summed E-state index contributed by atoms with van der Waals surface area (Å²) in [5.41, 5.74) is 5.73. The van der Waals surface area contributed by atoms with Crippen LogP contribution in [-0.4, -0.2) is 34.5 Å². The third kappa shape index (κ3) is 4.01. The van der Waals surface area contributed by atoms with Crippen molar-refractivity contribution in [3.8, 4) is 0 Å². The van der Waals surface area contributed by atoms with Gasteiger partial charge in [0.2, 0.25) is 5.91 Å². The molecule has 1 aliphatic carbocycles. The molecule has 0 aromatic heterocycles. The van der Waals surface area contributed by atoms with Crippen LogP contribution in [0.4, 0.5) is 4.39 Å². The van der Waals surface area contributed by atoms with Crippen molar-refractivity contribution in [2.45, 2.75) is 38.3 Å². The van der Waals surface area contributed by atoms with Gasteiger partial charge in [0.05, 0.1) is 6.54 Å². The normalized spacial score (nSPS) is 15.5. The highest BCUT2D eigenvalue weighted by atomic mass is 19.1. The second-order valence-corrected chi connectivity index (χ2v) is 5.41. The second-order valence-electron chi connectivity index (χ2n) is 5.41. The number of benzene rings is 1. The fourth-order valence-electron chi connectivity index (χ4n) is 2.83. The quantitative estimate of drug-likeness (QED) is 0.837. The lowest BCUT2D eigenvalue weighted by Crippen LogP contribution is -2.37. The smallest absolute Gasteiger partial charge is 0.317 e. The summed E-state index contributed by atoms with van der Waals surface area (Å²) in [5.74, 6) is -2.01. The Hall–Kier alpha value is -1.95. The molecule has 0 unspecified atom stereocenters. The second kappa shape index (κ2) is 6.67. The number of aliphatic carboxylic acids is 1. The van der Waals surface area contributed by atoms with Crippen LogP contribution >= 0.6 is 0 Å². The molecule has 0 spiro atoms. The Balaban J connectivity index is 2.20. The predicted octanol–water partition coefficient (Wildman–Crippen LogP) is 1.75. The number of carboxylic acids is 1. The van der Waals surface area contributed by atoms with Crippen molar-refractivity contribution in [3.63, 3.8) is 0 Å². The monoisotopic (exact) mass is 294 g/mol. The Morgan fingerprint density at radius 3 is 2.57 bits per heavy atom. The van der Waals surface area contributed by atoms with E-state index in [-0.39, 0.29) is 24.7 Å². The first-order valence-corrected chi connectivity index (χ1v) is 7.01. The first kappa shape index (κ1) is 15.4. The van der Waals surface area contributed by atoms with E-state index >= 15 is 0 Å². The third-order valence-electron chi connectivity index (χ3n) is 3.88. The maximum atomic E-state index is 13.9. The van der Waals surface area contributed by atoms with Crippen LogP contribution in [0.5, 0.6) is 0 Å². The summed E-state index contributed by atoms with van der Waals surface area (Å²) in [6, 6.07) is 4.08. The maximum Gasteiger partial charge on any atom is 0.317 e. The Morgan fingerprint density at radius 1 is 1.33 bits per heavy atom. The molecule has 1 aromatic carbocycles. The summed E-state index contributed by atoms with van der Waals surface area (Å²) in [4.78, 5) is 23.9. The number of amides is 1. The topological polar surface area (TPSA) is 83.6 Å². The zero-order chi connectivity index (χ0) is 15.4. The van der Waals surface area contributed by atoms with Crippen molar-refractivity contribution in [1.82, 2.24) is 4.90 Å². The number of halogens is 1. The summed E-state index contributed by atoms with van der Waals surface area (Å²) in [7, 11) is 0. The SMILES string of the molecule is NC(=O)c1ccc(F)c(CN(CC(=O)O)C2CCCC2)c1. The molecule has 21 heavy (non-hydrogen) atoms. The average molecular weight is 294 g/mol. The molecule has 1 fully saturated rings. The largest absolute Gasteiger partial charge is 0.480 e. The first-order valence-electron chi connectivity index (χ1n) is 7.01. The summed E-state index contributed by atoms with van der Waals surface area (Å²) in [5, 5.41) is 9.02. The van der Waals surface area contributed by atoms with Gasteiger partial charge in [-0.05, 0) is 31.0 Å². The van der Waals surface area contributed by atoms with Crippen molar-refractivity contribution in [2.24, 2.45) is 5.73 Å². The van der Waals surface area contributed by atoms with E-state index in [1.54, 1.807) is 4.90 Å². The highest BCUT2D eigenvalue weighted by molar-refractivity contribution is 5.92. The van der Waals surface area contributed by atoms with E-state index in [0.717, 1.165) is 25.7 Å². The molecule has 3 N–H and O–H groups in total. The van der Waals surface area contributed by atoms with Crippen LogP contribution in [0.25, 0.3) is 0 Å². The van der Waals surface area contributed by atoms with Gasteiger partial charge in [0.25, 0.3) is 0 Å². The number of primary amides is 1.